The predicted octanol–water partition coefficient (Wildman–Crippen LogP) is 2.67. The smallest absolute Gasteiger partial charge is 0.225 e. The van der Waals surface area contributed by atoms with E-state index in [0.717, 1.165) is 29.7 Å². The lowest BCUT2D eigenvalue weighted by Crippen LogP contribution is -2.16. The Balaban J connectivity index is 1.91. The Bertz CT molecular complexity index is 886. The Morgan fingerprint density at radius 1 is 0.926 bits per heavy atom. The zero-order chi connectivity index (χ0) is 19.1. The van der Waals surface area contributed by atoms with E-state index in [4.69, 9.17) is 15.2 Å². The molecule has 0 aliphatic rings. The van der Waals surface area contributed by atoms with E-state index >= 15 is 0 Å². The summed E-state index contributed by atoms with van der Waals surface area (Å²) in [5, 5.41) is 7.44. The number of fused-ring (bicyclic) bond motifs is 1. The van der Waals surface area contributed by atoms with Crippen LogP contribution in [0.15, 0.2) is 42.5 Å². The van der Waals surface area contributed by atoms with Crippen LogP contribution in [0.4, 0.5) is 11.8 Å². The Labute approximate surface area is 158 Å². The molecule has 7 heteroatoms. The highest BCUT2D eigenvalue weighted by atomic mass is 16.5. The van der Waals surface area contributed by atoms with Crippen LogP contribution in [0.25, 0.3) is 10.9 Å². The van der Waals surface area contributed by atoms with Gasteiger partial charge in [-0.15, -0.1) is 0 Å². The molecular weight excluding hydrogens is 342 g/mol. The van der Waals surface area contributed by atoms with E-state index in [2.05, 4.69) is 32.7 Å². The summed E-state index contributed by atoms with van der Waals surface area (Å²) < 4.78 is 10.8. The van der Waals surface area contributed by atoms with E-state index < -0.39 is 0 Å². The van der Waals surface area contributed by atoms with E-state index in [1.54, 1.807) is 14.2 Å². The second-order valence-electron chi connectivity index (χ2n) is 6.00. The maximum atomic E-state index is 5.58. The third kappa shape index (κ3) is 4.57. The molecule has 0 saturated heterocycles. The summed E-state index contributed by atoms with van der Waals surface area (Å²) in [6.07, 6.45) is 0.894. The number of nitrogens with two attached hydrogens (primary N) is 1. The minimum Gasteiger partial charge on any atom is -0.493 e. The molecule has 0 aliphatic carbocycles. The Hall–Kier alpha value is -3.06. The standard InChI is InChI=1S/C20H25N5O2/c1-26-17-12-15-16(13-18(17)27-2)24-20(23-11-9-21)25-19(15)22-10-8-14-6-4-3-5-7-14/h3-7,12-13H,8-11,21H2,1-2H3,(H2,22,23,24,25). The molecule has 7 nitrogen and oxygen atoms in total. The van der Waals surface area contributed by atoms with E-state index in [9.17, 15) is 0 Å². The van der Waals surface area contributed by atoms with Crippen LogP contribution in [0, 0.1) is 0 Å². The van der Waals surface area contributed by atoms with Gasteiger partial charge in [-0.25, -0.2) is 4.98 Å². The van der Waals surface area contributed by atoms with Crippen molar-refractivity contribution in [3.63, 3.8) is 0 Å². The van der Waals surface area contributed by atoms with Crippen LogP contribution in [-0.2, 0) is 6.42 Å². The van der Waals surface area contributed by atoms with Crippen molar-refractivity contribution in [1.82, 2.24) is 9.97 Å². The molecule has 2 aromatic carbocycles. The third-order valence-corrected chi connectivity index (χ3v) is 4.18. The van der Waals surface area contributed by atoms with Crippen LogP contribution in [0.3, 0.4) is 0 Å². The molecule has 3 rings (SSSR count). The van der Waals surface area contributed by atoms with Crippen LogP contribution >= 0.6 is 0 Å². The number of hydrogen-bond donors (Lipinski definition) is 3. The van der Waals surface area contributed by atoms with Gasteiger partial charge in [0.15, 0.2) is 11.5 Å². The van der Waals surface area contributed by atoms with E-state index in [-0.39, 0.29) is 0 Å². The molecule has 3 aromatic rings. The maximum absolute atomic E-state index is 5.58. The van der Waals surface area contributed by atoms with Crippen LogP contribution in [-0.4, -0.2) is 43.8 Å². The monoisotopic (exact) mass is 367 g/mol. The molecule has 142 valence electrons. The summed E-state index contributed by atoms with van der Waals surface area (Å²) in [6.45, 7) is 1.85. The van der Waals surface area contributed by atoms with Gasteiger partial charge in [0.25, 0.3) is 0 Å². The van der Waals surface area contributed by atoms with Crippen molar-refractivity contribution in [2.45, 2.75) is 6.42 Å². The van der Waals surface area contributed by atoms with Gasteiger partial charge in [0.05, 0.1) is 19.7 Å². The normalized spacial score (nSPS) is 10.6. The Morgan fingerprint density at radius 3 is 2.37 bits per heavy atom. The van der Waals surface area contributed by atoms with Crippen molar-refractivity contribution in [3.05, 3.63) is 48.0 Å². The first-order chi connectivity index (χ1) is 13.2. The van der Waals surface area contributed by atoms with Gasteiger partial charge in [-0.3, -0.25) is 0 Å². The van der Waals surface area contributed by atoms with E-state index in [0.29, 0.717) is 30.5 Å². The molecule has 0 saturated carbocycles. The number of ether oxygens (including phenoxy) is 2. The topological polar surface area (TPSA) is 94.3 Å². The number of aromatic nitrogens is 2. The molecule has 0 bridgehead atoms. The number of rotatable bonds is 9. The fraction of sp³-hybridized carbons (Fsp3) is 0.300. The SMILES string of the molecule is COc1cc2nc(NCCN)nc(NCCc3ccccc3)c2cc1OC. The highest BCUT2D eigenvalue weighted by molar-refractivity contribution is 5.92. The maximum Gasteiger partial charge on any atom is 0.225 e. The molecule has 1 heterocycles. The summed E-state index contributed by atoms with van der Waals surface area (Å²) in [4.78, 5) is 9.19. The fourth-order valence-electron chi connectivity index (χ4n) is 2.82. The van der Waals surface area contributed by atoms with Crippen molar-refractivity contribution in [2.75, 3.05) is 44.5 Å². The van der Waals surface area contributed by atoms with Gasteiger partial charge in [-0.2, -0.15) is 4.98 Å². The van der Waals surface area contributed by atoms with Crippen molar-refractivity contribution in [3.8, 4) is 11.5 Å². The molecule has 27 heavy (non-hydrogen) atoms. The molecule has 0 amide bonds. The number of benzene rings is 2. The zero-order valence-electron chi connectivity index (χ0n) is 15.7. The summed E-state index contributed by atoms with van der Waals surface area (Å²) in [7, 11) is 3.22. The van der Waals surface area contributed by atoms with Crippen molar-refractivity contribution in [2.24, 2.45) is 5.73 Å². The average molecular weight is 367 g/mol. The van der Waals surface area contributed by atoms with Crippen molar-refractivity contribution < 1.29 is 9.47 Å². The third-order valence-electron chi connectivity index (χ3n) is 4.18. The minimum atomic E-state index is 0.504. The number of methoxy groups -OCH3 is 2. The molecule has 0 unspecified atom stereocenters. The lowest BCUT2D eigenvalue weighted by atomic mass is 10.1. The summed E-state index contributed by atoms with van der Waals surface area (Å²) >= 11 is 0. The molecule has 0 spiro atoms. The lowest BCUT2D eigenvalue weighted by molar-refractivity contribution is 0.356. The first-order valence-corrected chi connectivity index (χ1v) is 8.90. The first-order valence-electron chi connectivity index (χ1n) is 8.90. The summed E-state index contributed by atoms with van der Waals surface area (Å²) in [6, 6.07) is 14.1. The number of hydrogen-bond acceptors (Lipinski definition) is 7. The van der Waals surface area contributed by atoms with Crippen molar-refractivity contribution in [1.29, 1.82) is 0 Å². The van der Waals surface area contributed by atoms with Crippen LogP contribution in [0.5, 0.6) is 11.5 Å². The number of nitrogens with zero attached hydrogens (tertiary/aromatic N) is 2. The van der Waals surface area contributed by atoms with Crippen molar-refractivity contribution >= 4 is 22.7 Å². The van der Waals surface area contributed by atoms with E-state index in [1.807, 2.05) is 30.3 Å². The highest BCUT2D eigenvalue weighted by Crippen LogP contribution is 2.34. The number of anilines is 2. The molecule has 4 N–H and O–H groups in total. The molecule has 0 radical (unpaired) electrons. The predicted molar refractivity (Wildman–Crippen MR) is 109 cm³/mol. The lowest BCUT2D eigenvalue weighted by Gasteiger charge is -2.14. The largest absolute Gasteiger partial charge is 0.493 e. The highest BCUT2D eigenvalue weighted by Gasteiger charge is 2.13. The molecular formula is C20H25N5O2. The van der Waals surface area contributed by atoms with Gasteiger partial charge in [0, 0.05) is 31.1 Å². The Kier molecular flexibility index (Phi) is 6.27. The zero-order valence-corrected chi connectivity index (χ0v) is 15.7. The fourth-order valence-corrected chi connectivity index (χ4v) is 2.82. The Morgan fingerprint density at radius 2 is 1.67 bits per heavy atom. The van der Waals surface area contributed by atoms with Crippen LogP contribution < -0.4 is 25.8 Å². The van der Waals surface area contributed by atoms with Crippen LogP contribution in [0.1, 0.15) is 5.56 Å². The second-order valence-corrected chi connectivity index (χ2v) is 6.00. The summed E-state index contributed by atoms with van der Waals surface area (Å²) in [5.74, 6) is 2.55. The van der Waals surface area contributed by atoms with Gasteiger partial charge in [-0.1, -0.05) is 30.3 Å². The van der Waals surface area contributed by atoms with Crippen LogP contribution in [0.2, 0.25) is 0 Å². The van der Waals surface area contributed by atoms with Gasteiger partial charge < -0.3 is 25.8 Å². The second kappa shape index (κ2) is 9.05. The molecule has 0 fully saturated rings. The average Bonchev–Trinajstić information content (AvgIpc) is 2.72. The van der Waals surface area contributed by atoms with Gasteiger partial charge >= 0.3 is 0 Å². The molecule has 0 atom stereocenters. The van der Waals surface area contributed by atoms with E-state index in [1.165, 1.54) is 5.56 Å². The minimum absolute atomic E-state index is 0.504. The van der Waals surface area contributed by atoms with Gasteiger partial charge in [-0.05, 0) is 18.1 Å². The molecule has 1 aromatic heterocycles. The summed E-state index contributed by atoms with van der Waals surface area (Å²) in [5.41, 5.74) is 7.62. The molecule has 0 aliphatic heterocycles. The quantitative estimate of drug-likeness (QED) is 0.535. The number of nitrogens with one attached hydrogen (secondary N) is 2. The van der Waals surface area contributed by atoms with Gasteiger partial charge in [0.2, 0.25) is 5.95 Å². The van der Waals surface area contributed by atoms with Gasteiger partial charge in [0.1, 0.15) is 5.82 Å². The first kappa shape index (κ1) is 18.7.